The van der Waals surface area contributed by atoms with Gasteiger partial charge in [-0.3, -0.25) is 0 Å². The average Bonchev–Trinajstić information content (AvgIpc) is 2.74. The van der Waals surface area contributed by atoms with Crippen molar-refractivity contribution in [2.45, 2.75) is 66.9 Å². The van der Waals surface area contributed by atoms with Crippen LogP contribution in [0.1, 0.15) is 28.7 Å². The molecule has 0 unspecified atom stereocenters. The molecule has 0 aliphatic heterocycles. The van der Waals surface area contributed by atoms with Crippen molar-refractivity contribution in [3.8, 4) is 0 Å². The lowest BCUT2D eigenvalue weighted by Crippen LogP contribution is -2.53. The summed E-state index contributed by atoms with van der Waals surface area (Å²) >= 11 is 0. The molecule has 1 aromatic carbocycles. The lowest BCUT2D eigenvalue weighted by molar-refractivity contribution is -0.362. The molecule has 0 amide bonds. The molecule has 0 heterocycles. The molecular formula is C18H8F21O. The minimum absolute atomic E-state index is 1.56. The minimum Gasteiger partial charge on any atom is -0.237 e. The Balaban J connectivity index is 4.53. The van der Waals surface area contributed by atoms with E-state index in [-0.39, 0.29) is 0 Å². The SMILES string of the molecule is [O]CCCc1c(C(F)(F)C(F)(F)C(F)(F)F)cc(C(F)(F)C(F)(F)C(F)(F)F)cc1C(F)(F)C(F)(F)C(F)(F)F. The van der Waals surface area contributed by atoms with Gasteiger partial charge in [0.15, 0.2) is 0 Å². The summed E-state index contributed by atoms with van der Waals surface area (Å²) in [6, 6.07) is -3.49. The molecule has 22 heteroatoms. The summed E-state index contributed by atoms with van der Waals surface area (Å²) in [4.78, 5) is 0. The maximum atomic E-state index is 14.5. The third kappa shape index (κ3) is 5.35. The molecule has 0 aromatic heterocycles. The van der Waals surface area contributed by atoms with Crippen molar-refractivity contribution in [2.24, 2.45) is 0 Å². The second kappa shape index (κ2) is 9.92. The van der Waals surface area contributed by atoms with Gasteiger partial charge in [0.2, 0.25) is 0 Å². The Kier molecular flexibility index (Phi) is 8.86. The molecule has 0 fully saturated rings. The fourth-order valence-corrected chi connectivity index (χ4v) is 2.99. The Morgan fingerprint density at radius 1 is 0.450 bits per heavy atom. The largest absolute Gasteiger partial charge is 0.460 e. The van der Waals surface area contributed by atoms with E-state index < -0.39 is 108 Å². The highest BCUT2D eigenvalue weighted by atomic mass is 19.4. The summed E-state index contributed by atoms with van der Waals surface area (Å²) in [5.41, 5.74) is -14.1. The van der Waals surface area contributed by atoms with Crippen molar-refractivity contribution in [3.63, 3.8) is 0 Å². The zero-order chi connectivity index (χ0) is 32.3. The third-order valence-electron chi connectivity index (χ3n) is 5.11. The maximum Gasteiger partial charge on any atom is 0.460 e. The number of hydrogen-bond donors (Lipinski definition) is 0. The Morgan fingerprint density at radius 3 is 0.975 bits per heavy atom. The van der Waals surface area contributed by atoms with Crippen LogP contribution < -0.4 is 0 Å². The van der Waals surface area contributed by atoms with Crippen LogP contribution in [0.15, 0.2) is 12.1 Å². The van der Waals surface area contributed by atoms with Gasteiger partial charge in [-0.1, -0.05) is 0 Å². The van der Waals surface area contributed by atoms with Gasteiger partial charge in [-0.25, -0.2) is 5.11 Å². The lowest BCUT2D eigenvalue weighted by atomic mass is 9.83. The van der Waals surface area contributed by atoms with E-state index in [1.165, 1.54) is 0 Å². The predicted octanol–water partition coefficient (Wildman–Crippen LogP) is 8.92. The Morgan fingerprint density at radius 2 is 0.725 bits per heavy atom. The first-order valence-electron chi connectivity index (χ1n) is 9.52. The molecule has 1 rings (SSSR count). The second-order valence-electron chi connectivity index (χ2n) is 7.80. The van der Waals surface area contributed by atoms with E-state index in [0.717, 1.165) is 0 Å². The van der Waals surface area contributed by atoms with Crippen molar-refractivity contribution < 1.29 is 97.3 Å². The number of hydrogen-bond acceptors (Lipinski definition) is 0. The van der Waals surface area contributed by atoms with E-state index in [4.69, 9.17) is 0 Å². The maximum absolute atomic E-state index is 14.5. The Hall–Kier alpha value is -2.29. The molecule has 1 nitrogen and oxygen atoms in total. The number of benzene rings is 1. The fraction of sp³-hybridized carbons (Fsp3) is 0.667. The Bertz CT molecular complexity index is 1000. The normalized spacial score (nSPS) is 15.6. The summed E-state index contributed by atoms with van der Waals surface area (Å²) in [7, 11) is 0. The zero-order valence-corrected chi connectivity index (χ0v) is 18.1. The molecular weight excluding hydrogens is 631 g/mol. The molecule has 0 N–H and O–H groups in total. The van der Waals surface area contributed by atoms with Crippen LogP contribution in [0.5, 0.6) is 0 Å². The summed E-state index contributed by atoms with van der Waals surface area (Å²) in [6.07, 6.45) is -26.3. The zero-order valence-electron chi connectivity index (χ0n) is 18.1. The van der Waals surface area contributed by atoms with Gasteiger partial charge in [-0.2, -0.15) is 92.2 Å². The van der Waals surface area contributed by atoms with Crippen molar-refractivity contribution in [1.82, 2.24) is 0 Å². The summed E-state index contributed by atoms with van der Waals surface area (Å²) < 4.78 is 281. The fourth-order valence-electron chi connectivity index (χ4n) is 2.99. The van der Waals surface area contributed by atoms with E-state index in [9.17, 15) is 97.3 Å². The number of halogens is 21. The van der Waals surface area contributed by atoms with Crippen LogP contribution in [0.4, 0.5) is 92.2 Å². The highest BCUT2D eigenvalue weighted by molar-refractivity contribution is 5.48. The quantitative estimate of drug-likeness (QED) is 0.241. The molecule has 40 heavy (non-hydrogen) atoms. The van der Waals surface area contributed by atoms with E-state index >= 15 is 0 Å². The second-order valence-corrected chi connectivity index (χ2v) is 7.80. The summed E-state index contributed by atoms with van der Waals surface area (Å²) in [5.74, 6) is -44.7. The first-order valence-corrected chi connectivity index (χ1v) is 9.52. The topological polar surface area (TPSA) is 19.9 Å². The van der Waals surface area contributed by atoms with Gasteiger partial charge < -0.3 is 0 Å². The van der Waals surface area contributed by atoms with Gasteiger partial charge in [0.25, 0.3) is 0 Å². The molecule has 233 valence electrons. The van der Waals surface area contributed by atoms with Crippen molar-refractivity contribution in [1.29, 1.82) is 0 Å². The van der Waals surface area contributed by atoms with Crippen LogP contribution in [-0.2, 0) is 29.3 Å². The van der Waals surface area contributed by atoms with Crippen LogP contribution in [0.2, 0.25) is 0 Å². The first-order chi connectivity index (χ1) is 17.3. The Labute approximate surface area is 206 Å². The van der Waals surface area contributed by atoms with Gasteiger partial charge in [0.1, 0.15) is 0 Å². The van der Waals surface area contributed by atoms with Crippen LogP contribution in [0.25, 0.3) is 0 Å². The summed E-state index contributed by atoms with van der Waals surface area (Å²) in [5, 5.41) is 10.6. The third-order valence-corrected chi connectivity index (χ3v) is 5.11. The van der Waals surface area contributed by atoms with Gasteiger partial charge in [0.05, 0.1) is 6.61 Å². The minimum atomic E-state index is -7.63. The van der Waals surface area contributed by atoms with E-state index in [1.807, 2.05) is 0 Å². The van der Waals surface area contributed by atoms with E-state index in [1.54, 1.807) is 0 Å². The molecule has 1 aromatic rings. The van der Waals surface area contributed by atoms with Crippen LogP contribution in [0.3, 0.4) is 0 Å². The van der Waals surface area contributed by atoms with Gasteiger partial charge >= 0.3 is 54.1 Å². The van der Waals surface area contributed by atoms with Gasteiger partial charge in [-0.05, 0) is 30.5 Å². The highest BCUT2D eigenvalue weighted by Crippen LogP contribution is 2.59. The standard InChI is InChI=1S/C18H8F21O/c19-10(20,13(25,26)16(31,32)33)6-4-8(11(21,22)14(27,28)17(34,35)36)7(2-1-3-40)9(5-6)12(23,24)15(29,30)18(37,38)39/h4-5H,1-3H2. The molecule has 0 spiro atoms. The summed E-state index contributed by atoms with van der Waals surface area (Å²) in [6.45, 7) is -1.76. The molecule has 1 radical (unpaired) electrons. The first kappa shape index (κ1) is 35.7. The lowest BCUT2D eigenvalue weighted by Gasteiger charge is -2.35. The number of rotatable bonds is 9. The molecule has 0 saturated heterocycles. The molecule has 0 aliphatic carbocycles. The van der Waals surface area contributed by atoms with Crippen LogP contribution >= 0.6 is 0 Å². The molecule has 0 atom stereocenters. The monoisotopic (exact) mass is 639 g/mol. The van der Waals surface area contributed by atoms with E-state index in [0.29, 0.717) is 0 Å². The van der Waals surface area contributed by atoms with Crippen LogP contribution in [-0.4, -0.2) is 42.9 Å². The van der Waals surface area contributed by atoms with Gasteiger partial charge in [0, 0.05) is 16.7 Å². The van der Waals surface area contributed by atoms with Crippen molar-refractivity contribution in [2.75, 3.05) is 6.61 Å². The van der Waals surface area contributed by atoms with Gasteiger partial charge in [-0.15, -0.1) is 0 Å². The predicted molar refractivity (Wildman–Crippen MR) is 85.0 cm³/mol. The average molecular weight is 639 g/mol. The van der Waals surface area contributed by atoms with Crippen molar-refractivity contribution >= 4 is 0 Å². The van der Waals surface area contributed by atoms with E-state index in [2.05, 4.69) is 0 Å². The molecule has 0 saturated carbocycles. The number of alkyl halides is 21. The van der Waals surface area contributed by atoms with Crippen LogP contribution in [0, 0.1) is 0 Å². The smallest absolute Gasteiger partial charge is 0.237 e. The molecule has 0 aliphatic rings. The highest BCUT2D eigenvalue weighted by Gasteiger charge is 2.78. The molecule has 0 bridgehead atoms. The van der Waals surface area contributed by atoms with Crippen molar-refractivity contribution in [3.05, 3.63) is 34.4 Å².